The van der Waals surface area contributed by atoms with Gasteiger partial charge in [-0.3, -0.25) is 0 Å². The van der Waals surface area contributed by atoms with Crippen LogP contribution in [0.5, 0.6) is 0 Å². The van der Waals surface area contributed by atoms with Gasteiger partial charge in [0.2, 0.25) is 0 Å². The van der Waals surface area contributed by atoms with Crippen molar-refractivity contribution in [1.29, 1.82) is 0 Å². The molecule has 6 heteroatoms. The second kappa shape index (κ2) is 4.72. The van der Waals surface area contributed by atoms with E-state index in [-0.39, 0.29) is 6.23 Å². The van der Waals surface area contributed by atoms with Gasteiger partial charge in [0, 0.05) is 12.0 Å². The van der Waals surface area contributed by atoms with Crippen LogP contribution in [0.25, 0.3) is 10.9 Å². The zero-order chi connectivity index (χ0) is 12.5. The summed E-state index contributed by atoms with van der Waals surface area (Å²) in [5.74, 6) is 0. The summed E-state index contributed by atoms with van der Waals surface area (Å²) in [5.41, 5.74) is 1.44. The largest absolute Gasteiger partial charge is 0.488 e. The van der Waals surface area contributed by atoms with E-state index in [9.17, 15) is 0 Å². The molecule has 0 bridgehead atoms. The maximum Gasteiger partial charge on any atom is 0.488 e. The Morgan fingerprint density at radius 2 is 2.22 bits per heavy atom. The van der Waals surface area contributed by atoms with Crippen LogP contribution in [-0.2, 0) is 4.74 Å². The Morgan fingerprint density at radius 1 is 1.33 bits per heavy atom. The Labute approximate surface area is 105 Å². The van der Waals surface area contributed by atoms with Crippen LogP contribution in [0, 0.1) is 0 Å². The Balaban J connectivity index is 1.98. The average Bonchev–Trinajstić information content (AvgIpc) is 2.82. The second-order valence-electron chi connectivity index (χ2n) is 4.60. The van der Waals surface area contributed by atoms with E-state index in [0.717, 1.165) is 36.8 Å². The molecule has 1 aliphatic rings. The topological polar surface area (TPSA) is 67.5 Å². The molecule has 0 radical (unpaired) electrons. The zero-order valence-electron chi connectivity index (χ0n) is 9.99. The highest BCUT2D eigenvalue weighted by Crippen LogP contribution is 2.25. The SMILES string of the molecule is OB(O)c1ccc2c(cnn2[C@H]2CCCCO2)c1. The van der Waals surface area contributed by atoms with Gasteiger partial charge in [0.15, 0.2) is 6.23 Å². The minimum absolute atomic E-state index is 0.00106. The van der Waals surface area contributed by atoms with E-state index in [2.05, 4.69) is 5.10 Å². The monoisotopic (exact) mass is 246 g/mol. The fraction of sp³-hybridized carbons (Fsp3) is 0.417. The molecule has 3 rings (SSSR count). The summed E-state index contributed by atoms with van der Waals surface area (Å²) >= 11 is 0. The minimum atomic E-state index is -1.44. The number of hydrogen-bond acceptors (Lipinski definition) is 4. The van der Waals surface area contributed by atoms with Crippen molar-refractivity contribution in [3.8, 4) is 0 Å². The highest BCUT2D eigenvalue weighted by Gasteiger charge is 2.19. The van der Waals surface area contributed by atoms with Crippen LogP contribution < -0.4 is 5.46 Å². The summed E-state index contributed by atoms with van der Waals surface area (Å²) in [6.45, 7) is 0.777. The van der Waals surface area contributed by atoms with Crippen molar-refractivity contribution in [1.82, 2.24) is 9.78 Å². The highest BCUT2D eigenvalue weighted by molar-refractivity contribution is 6.58. The number of benzene rings is 1. The summed E-state index contributed by atoms with van der Waals surface area (Å²) in [5, 5.41) is 23.5. The lowest BCUT2D eigenvalue weighted by Crippen LogP contribution is -2.29. The van der Waals surface area contributed by atoms with Crippen LogP contribution >= 0.6 is 0 Å². The lowest BCUT2D eigenvalue weighted by molar-refractivity contribution is -0.0366. The van der Waals surface area contributed by atoms with Crippen LogP contribution in [0.2, 0.25) is 0 Å². The lowest BCUT2D eigenvalue weighted by atomic mass is 9.80. The van der Waals surface area contributed by atoms with Crippen LogP contribution in [0.4, 0.5) is 0 Å². The first-order valence-electron chi connectivity index (χ1n) is 6.20. The molecule has 1 saturated heterocycles. The van der Waals surface area contributed by atoms with E-state index in [4.69, 9.17) is 14.8 Å². The fourth-order valence-electron chi connectivity index (χ4n) is 2.38. The smallest absolute Gasteiger partial charge is 0.423 e. The first-order chi connectivity index (χ1) is 8.75. The zero-order valence-corrected chi connectivity index (χ0v) is 9.99. The Bertz CT molecular complexity index is 549. The number of ether oxygens (including phenoxy) is 1. The van der Waals surface area contributed by atoms with Crippen molar-refractivity contribution in [2.75, 3.05) is 6.61 Å². The highest BCUT2D eigenvalue weighted by atomic mass is 16.5. The summed E-state index contributed by atoms with van der Waals surface area (Å²) < 4.78 is 7.59. The standard InChI is InChI=1S/C12H15BN2O3/c16-13(17)10-4-5-11-9(7-10)8-14-15(11)12-3-1-2-6-18-12/h4-5,7-8,12,16-17H,1-3,6H2/t12-/m1/s1. The maximum absolute atomic E-state index is 9.14. The number of nitrogens with zero attached hydrogens (tertiary/aromatic N) is 2. The number of fused-ring (bicyclic) bond motifs is 1. The number of aromatic nitrogens is 2. The molecule has 0 saturated carbocycles. The van der Waals surface area contributed by atoms with Gasteiger partial charge in [-0.1, -0.05) is 12.1 Å². The Kier molecular flexibility index (Phi) is 3.07. The molecule has 1 aliphatic heterocycles. The third kappa shape index (κ3) is 2.03. The van der Waals surface area contributed by atoms with E-state index in [1.165, 1.54) is 0 Å². The van der Waals surface area contributed by atoms with Gasteiger partial charge < -0.3 is 14.8 Å². The maximum atomic E-state index is 9.14. The lowest BCUT2D eigenvalue weighted by Gasteiger charge is -2.23. The first kappa shape index (κ1) is 11.7. The molecule has 0 aliphatic carbocycles. The van der Waals surface area contributed by atoms with Gasteiger partial charge in [0.25, 0.3) is 0 Å². The van der Waals surface area contributed by atoms with Crippen molar-refractivity contribution in [3.05, 3.63) is 24.4 Å². The molecule has 18 heavy (non-hydrogen) atoms. The van der Waals surface area contributed by atoms with Crippen molar-refractivity contribution in [2.45, 2.75) is 25.5 Å². The molecule has 1 aromatic heterocycles. The Hall–Kier alpha value is -1.37. The van der Waals surface area contributed by atoms with Gasteiger partial charge in [-0.15, -0.1) is 0 Å². The third-order valence-corrected chi connectivity index (χ3v) is 3.35. The van der Waals surface area contributed by atoms with Gasteiger partial charge in [0.1, 0.15) is 0 Å². The van der Waals surface area contributed by atoms with Crippen LogP contribution in [-0.4, -0.2) is 33.6 Å². The van der Waals surface area contributed by atoms with Gasteiger partial charge in [0.05, 0.1) is 11.7 Å². The van der Waals surface area contributed by atoms with Crippen LogP contribution in [0.1, 0.15) is 25.5 Å². The van der Waals surface area contributed by atoms with E-state index in [0.29, 0.717) is 5.46 Å². The Morgan fingerprint density at radius 3 is 2.94 bits per heavy atom. The second-order valence-corrected chi connectivity index (χ2v) is 4.60. The van der Waals surface area contributed by atoms with Crippen LogP contribution in [0.15, 0.2) is 24.4 Å². The molecule has 1 atom stereocenters. The molecular weight excluding hydrogens is 231 g/mol. The summed E-state index contributed by atoms with van der Waals surface area (Å²) in [6.07, 6.45) is 4.97. The van der Waals surface area contributed by atoms with Crippen molar-refractivity contribution in [3.63, 3.8) is 0 Å². The molecule has 2 heterocycles. The third-order valence-electron chi connectivity index (χ3n) is 3.35. The first-order valence-corrected chi connectivity index (χ1v) is 6.20. The molecule has 0 spiro atoms. The summed E-state index contributed by atoms with van der Waals surface area (Å²) in [4.78, 5) is 0. The fourth-order valence-corrected chi connectivity index (χ4v) is 2.38. The van der Waals surface area contributed by atoms with E-state index in [1.54, 1.807) is 18.3 Å². The number of hydrogen-bond donors (Lipinski definition) is 2. The van der Waals surface area contributed by atoms with Gasteiger partial charge >= 0.3 is 7.12 Å². The number of rotatable bonds is 2. The molecule has 5 nitrogen and oxygen atoms in total. The van der Waals surface area contributed by atoms with Gasteiger partial charge in [-0.25, -0.2) is 4.68 Å². The predicted molar refractivity (Wildman–Crippen MR) is 68.4 cm³/mol. The quantitative estimate of drug-likeness (QED) is 0.753. The van der Waals surface area contributed by atoms with Crippen molar-refractivity contribution in [2.24, 2.45) is 0 Å². The van der Waals surface area contributed by atoms with E-state index >= 15 is 0 Å². The van der Waals surface area contributed by atoms with Crippen molar-refractivity contribution >= 4 is 23.5 Å². The normalized spacial score (nSPS) is 20.2. The van der Waals surface area contributed by atoms with Gasteiger partial charge in [-0.2, -0.15) is 5.10 Å². The predicted octanol–water partition coefficient (Wildman–Crippen LogP) is 0.415. The summed E-state index contributed by atoms with van der Waals surface area (Å²) in [6, 6.07) is 5.30. The minimum Gasteiger partial charge on any atom is -0.423 e. The molecule has 2 N–H and O–H groups in total. The van der Waals surface area contributed by atoms with Gasteiger partial charge in [-0.05, 0) is 30.8 Å². The molecule has 0 amide bonds. The molecule has 1 aromatic carbocycles. The molecule has 2 aromatic rings. The van der Waals surface area contributed by atoms with Crippen molar-refractivity contribution < 1.29 is 14.8 Å². The molecular formula is C12H15BN2O3. The van der Waals surface area contributed by atoms with Crippen LogP contribution in [0.3, 0.4) is 0 Å². The average molecular weight is 246 g/mol. The molecule has 0 unspecified atom stereocenters. The van der Waals surface area contributed by atoms with E-state index < -0.39 is 7.12 Å². The molecule has 94 valence electrons. The summed E-state index contributed by atoms with van der Waals surface area (Å²) in [7, 11) is -1.44. The molecule has 1 fully saturated rings. The van der Waals surface area contributed by atoms with E-state index in [1.807, 2.05) is 10.7 Å².